The Bertz CT molecular complexity index is 243. The van der Waals surface area contributed by atoms with E-state index in [1.807, 2.05) is 0 Å². The number of hydrogen-bond donors (Lipinski definition) is 2. The molecule has 1 saturated heterocycles. The van der Waals surface area contributed by atoms with Crippen LogP contribution in [0, 0.1) is 0 Å². The van der Waals surface area contributed by atoms with E-state index < -0.39 is 5.54 Å². The highest BCUT2D eigenvalue weighted by Gasteiger charge is 2.31. The molecule has 1 heterocycles. The minimum atomic E-state index is -0.566. The summed E-state index contributed by atoms with van der Waals surface area (Å²) in [7, 11) is 0. The average Bonchev–Trinajstić information content (AvgIpc) is 2.47. The molecule has 0 aromatic heterocycles. The van der Waals surface area contributed by atoms with Crippen LogP contribution in [0.1, 0.15) is 26.2 Å². The average molecular weight is 226 g/mol. The quantitative estimate of drug-likeness (QED) is 0.520. The molecule has 0 aromatic carbocycles. The third kappa shape index (κ3) is 3.94. The lowest BCUT2D eigenvalue weighted by Gasteiger charge is -2.28. The zero-order chi connectivity index (χ0) is 11.9. The van der Waals surface area contributed by atoms with Crippen LogP contribution in [0.5, 0.6) is 0 Å². The first-order chi connectivity index (χ1) is 7.72. The predicted octanol–water partition coefficient (Wildman–Crippen LogP) is 0.837. The number of rotatable bonds is 6. The summed E-state index contributed by atoms with van der Waals surface area (Å²) in [5, 5.41) is 6.45. The highest BCUT2D eigenvalue weighted by atomic mass is 16.5. The smallest absolute Gasteiger partial charge is 0.147 e. The summed E-state index contributed by atoms with van der Waals surface area (Å²) >= 11 is 0. The van der Waals surface area contributed by atoms with Gasteiger partial charge in [0.15, 0.2) is 0 Å². The Morgan fingerprint density at radius 3 is 3.19 bits per heavy atom. The molecule has 1 aliphatic heterocycles. The molecule has 1 rings (SSSR count). The summed E-state index contributed by atoms with van der Waals surface area (Å²) in [6, 6.07) is 0. The number of ether oxygens (including phenoxy) is 1. The molecule has 92 valence electrons. The standard InChI is InChI=1S/C12H22N2O2/c1-3-13-7-4-6-12(9-15)10-16-8-5-11(2)14-12/h9,13-14H,2-8,10H2,1H3. The van der Waals surface area contributed by atoms with E-state index in [0.29, 0.717) is 13.2 Å². The molecule has 0 spiro atoms. The third-order valence-electron chi connectivity index (χ3n) is 2.79. The highest BCUT2D eigenvalue weighted by molar-refractivity contribution is 5.65. The van der Waals surface area contributed by atoms with E-state index in [1.165, 1.54) is 0 Å². The van der Waals surface area contributed by atoms with E-state index in [9.17, 15) is 4.79 Å². The maximum absolute atomic E-state index is 11.2. The van der Waals surface area contributed by atoms with Crippen LogP contribution in [0.4, 0.5) is 0 Å². The Hall–Kier alpha value is -0.870. The normalized spacial score (nSPS) is 25.9. The summed E-state index contributed by atoms with van der Waals surface area (Å²) in [6.45, 7) is 8.96. The van der Waals surface area contributed by atoms with Crippen LogP contribution in [-0.2, 0) is 9.53 Å². The lowest BCUT2D eigenvalue weighted by atomic mass is 9.95. The maximum atomic E-state index is 11.2. The van der Waals surface area contributed by atoms with E-state index in [2.05, 4.69) is 24.1 Å². The first-order valence-corrected chi connectivity index (χ1v) is 5.93. The van der Waals surface area contributed by atoms with Gasteiger partial charge in [-0.25, -0.2) is 0 Å². The van der Waals surface area contributed by atoms with Gasteiger partial charge in [0.1, 0.15) is 11.8 Å². The second-order valence-corrected chi connectivity index (χ2v) is 4.26. The Labute approximate surface area is 97.4 Å². The molecular formula is C12H22N2O2. The molecule has 4 nitrogen and oxygen atoms in total. The zero-order valence-corrected chi connectivity index (χ0v) is 10.1. The molecule has 16 heavy (non-hydrogen) atoms. The Kier molecular flexibility index (Phi) is 5.49. The van der Waals surface area contributed by atoms with Crippen molar-refractivity contribution in [2.75, 3.05) is 26.3 Å². The number of carbonyl (C=O) groups excluding carboxylic acids is 1. The van der Waals surface area contributed by atoms with Crippen molar-refractivity contribution in [1.82, 2.24) is 10.6 Å². The predicted molar refractivity (Wildman–Crippen MR) is 64.3 cm³/mol. The number of nitrogens with one attached hydrogen (secondary N) is 2. The first kappa shape index (κ1) is 13.2. The lowest BCUT2D eigenvalue weighted by molar-refractivity contribution is -0.115. The minimum absolute atomic E-state index is 0.446. The zero-order valence-electron chi connectivity index (χ0n) is 10.1. The van der Waals surface area contributed by atoms with Gasteiger partial charge in [0, 0.05) is 12.1 Å². The summed E-state index contributed by atoms with van der Waals surface area (Å²) in [5.41, 5.74) is 0.330. The van der Waals surface area contributed by atoms with Gasteiger partial charge in [-0.2, -0.15) is 0 Å². The molecule has 0 radical (unpaired) electrons. The van der Waals surface area contributed by atoms with Crippen LogP contribution < -0.4 is 10.6 Å². The largest absolute Gasteiger partial charge is 0.378 e. The van der Waals surface area contributed by atoms with Crippen molar-refractivity contribution in [3.63, 3.8) is 0 Å². The van der Waals surface area contributed by atoms with Crippen molar-refractivity contribution in [1.29, 1.82) is 0 Å². The van der Waals surface area contributed by atoms with Gasteiger partial charge in [-0.3, -0.25) is 0 Å². The summed E-state index contributed by atoms with van der Waals surface area (Å²) in [5.74, 6) is 0. The summed E-state index contributed by atoms with van der Waals surface area (Å²) in [4.78, 5) is 11.2. The van der Waals surface area contributed by atoms with Crippen LogP contribution in [0.25, 0.3) is 0 Å². The second kappa shape index (κ2) is 6.66. The molecule has 0 aliphatic carbocycles. The van der Waals surface area contributed by atoms with Gasteiger partial charge in [0.25, 0.3) is 0 Å². The fourth-order valence-electron chi connectivity index (χ4n) is 1.86. The summed E-state index contributed by atoms with van der Waals surface area (Å²) in [6.07, 6.45) is 3.48. The molecule has 1 atom stereocenters. The molecule has 4 heteroatoms. The Morgan fingerprint density at radius 2 is 2.50 bits per heavy atom. The fourth-order valence-corrected chi connectivity index (χ4v) is 1.86. The van der Waals surface area contributed by atoms with Crippen molar-refractivity contribution in [2.45, 2.75) is 31.7 Å². The molecule has 0 aromatic rings. The van der Waals surface area contributed by atoms with E-state index in [-0.39, 0.29) is 0 Å². The molecule has 1 fully saturated rings. The topological polar surface area (TPSA) is 50.4 Å². The molecule has 1 unspecified atom stereocenters. The SMILES string of the molecule is C=C1CCOCC(C=O)(CCCNCC)N1. The number of hydrogen-bond acceptors (Lipinski definition) is 4. The highest BCUT2D eigenvalue weighted by Crippen LogP contribution is 2.17. The van der Waals surface area contributed by atoms with Crippen molar-refractivity contribution >= 4 is 6.29 Å². The molecule has 0 amide bonds. The Morgan fingerprint density at radius 1 is 1.69 bits per heavy atom. The van der Waals surface area contributed by atoms with Crippen LogP contribution in [0.15, 0.2) is 12.3 Å². The number of aldehydes is 1. The first-order valence-electron chi connectivity index (χ1n) is 5.93. The van der Waals surface area contributed by atoms with Crippen LogP contribution in [0.3, 0.4) is 0 Å². The molecule has 2 N–H and O–H groups in total. The van der Waals surface area contributed by atoms with Gasteiger partial charge >= 0.3 is 0 Å². The molecule has 1 aliphatic rings. The van der Waals surface area contributed by atoms with Gasteiger partial charge in [-0.15, -0.1) is 0 Å². The van der Waals surface area contributed by atoms with Crippen molar-refractivity contribution in [2.24, 2.45) is 0 Å². The fraction of sp³-hybridized carbons (Fsp3) is 0.750. The van der Waals surface area contributed by atoms with Crippen LogP contribution >= 0.6 is 0 Å². The summed E-state index contributed by atoms with van der Waals surface area (Å²) < 4.78 is 5.45. The number of carbonyl (C=O) groups is 1. The molecule has 0 bridgehead atoms. The minimum Gasteiger partial charge on any atom is -0.378 e. The molecular weight excluding hydrogens is 204 g/mol. The monoisotopic (exact) mass is 226 g/mol. The Balaban J connectivity index is 2.46. The van der Waals surface area contributed by atoms with Crippen LogP contribution in [0.2, 0.25) is 0 Å². The van der Waals surface area contributed by atoms with E-state index in [1.54, 1.807) is 0 Å². The third-order valence-corrected chi connectivity index (χ3v) is 2.79. The maximum Gasteiger partial charge on any atom is 0.147 e. The van der Waals surface area contributed by atoms with Crippen molar-refractivity contribution in [3.8, 4) is 0 Å². The van der Waals surface area contributed by atoms with Gasteiger partial charge in [-0.05, 0) is 25.9 Å². The van der Waals surface area contributed by atoms with Gasteiger partial charge in [0.2, 0.25) is 0 Å². The van der Waals surface area contributed by atoms with E-state index in [4.69, 9.17) is 4.74 Å². The van der Waals surface area contributed by atoms with E-state index >= 15 is 0 Å². The van der Waals surface area contributed by atoms with E-state index in [0.717, 1.165) is 44.3 Å². The molecule has 0 saturated carbocycles. The van der Waals surface area contributed by atoms with Gasteiger partial charge < -0.3 is 20.2 Å². The second-order valence-electron chi connectivity index (χ2n) is 4.26. The van der Waals surface area contributed by atoms with Crippen molar-refractivity contribution in [3.05, 3.63) is 12.3 Å². The van der Waals surface area contributed by atoms with Gasteiger partial charge in [-0.1, -0.05) is 13.5 Å². The van der Waals surface area contributed by atoms with Crippen molar-refractivity contribution < 1.29 is 9.53 Å². The lowest BCUT2D eigenvalue weighted by Crippen LogP contribution is -2.49. The van der Waals surface area contributed by atoms with Gasteiger partial charge in [0.05, 0.1) is 13.2 Å². The van der Waals surface area contributed by atoms with Crippen LogP contribution in [-0.4, -0.2) is 38.1 Å².